The number of benzene rings is 3. The van der Waals surface area contributed by atoms with E-state index in [1.54, 1.807) is 36.5 Å². The SMILES string of the molecule is O=C(O)c1ccc(C=C(CNc2cccnc2Cl)CC(O)c2cccc3ccccc23)cc1. The molecule has 0 radical (unpaired) electrons. The normalized spacial score (nSPS) is 12.5. The van der Waals surface area contributed by atoms with Gasteiger partial charge in [-0.3, -0.25) is 0 Å². The monoisotopic (exact) mass is 458 g/mol. The number of carbonyl (C=O) groups is 1. The van der Waals surface area contributed by atoms with Crippen molar-refractivity contribution in [1.29, 1.82) is 0 Å². The van der Waals surface area contributed by atoms with Gasteiger partial charge in [0.2, 0.25) is 0 Å². The number of aliphatic hydroxyl groups excluding tert-OH is 1. The Hall–Kier alpha value is -3.67. The van der Waals surface area contributed by atoms with Crippen LogP contribution in [0.1, 0.15) is 34.0 Å². The molecule has 3 aromatic carbocycles. The van der Waals surface area contributed by atoms with E-state index in [0.29, 0.717) is 23.8 Å². The molecule has 166 valence electrons. The first-order valence-electron chi connectivity index (χ1n) is 10.5. The van der Waals surface area contributed by atoms with Crippen molar-refractivity contribution < 1.29 is 15.0 Å². The van der Waals surface area contributed by atoms with Gasteiger partial charge in [0, 0.05) is 19.2 Å². The Morgan fingerprint density at radius 1 is 1.00 bits per heavy atom. The Morgan fingerprint density at radius 3 is 2.52 bits per heavy atom. The molecule has 0 aliphatic carbocycles. The number of aromatic nitrogens is 1. The van der Waals surface area contributed by atoms with Crippen LogP contribution in [0.5, 0.6) is 0 Å². The van der Waals surface area contributed by atoms with Gasteiger partial charge in [-0.1, -0.05) is 72.3 Å². The highest BCUT2D eigenvalue weighted by molar-refractivity contribution is 6.31. The molecule has 0 aliphatic heterocycles. The zero-order valence-electron chi connectivity index (χ0n) is 17.8. The fraction of sp³-hybridized carbons (Fsp3) is 0.111. The number of aromatic carboxylic acids is 1. The van der Waals surface area contributed by atoms with E-state index in [0.717, 1.165) is 27.5 Å². The first-order chi connectivity index (χ1) is 16.0. The summed E-state index contributed by atoms with van der Waals surface area (Å²) in [4.78, 5) is 15.2. The van der Waals surface area contributed by atoms with Crippen molar-refractivity contribution in [2.75, 3.05) is 11.9 Å². The van der Waals surface area contributed by atoms with Gasteiger partial charge in [-0.25, -0.2) is 9.78 Å². The Morgan fingerprint density at radius 2 is 1.76 bits per heavy atom. The van der Waals surface area contributed by atoms with Gasteiger partial charge in [-0.15, -0.1) is 0 Å². The van der Waals surface area contributed by atoms with Crippen molar-refractivity contribution in [2.24, 2.45) is 0 Å². The van der Waals surface area contributed by atoms with Crippen LogP contribution in [-0.4, -0.2) is 27.7 Å². The molecule has 0 aliphatic rings. The van der Waals surface area contributed by atoms with Crippen LogP contribution in [-0.2, 0) is 0 Å². The molecule has 33 heavy (non-hydrogen) atoms. The van der Waals surface area contributed by atoms with E-state index in [2.05, 4.69) is 10.3 Å². The van der Waals surface area contributed by atoms with Crippen LogP contribution in [0.25, 0.3) is 16.8 Å². The van der Waals surface area contributed by atoms with Crippen molar-refractivity contribution in [3.63, 3.8) is 0 Å². The molecule has 0 bridgehead atoms. The number of hydrogen-bond acceptors (Lipinski definition) is 4. The van der Waals surface area contributed by atoms with Crippen LogP contribution in [0, 0.1) is 0 Å². The fourth-order valence-corrected chi connectivity index (χ4v) is 3.95. The molecule has 0 saturated heterocycles. The Bertz CT molecular complexity index is 1300. The summed E-state index contributed by atoms with van der Waals surface area (Å²) < 4.78 is 0. The number of rotatable bonds is 8. The van der Waals surface area contributed by atoms with Gasteiger partial charge in [-0.2, -0.15) is 0 Å². The fourth-order valence-electron chi connectivity index (χ4n) is 3.77. The second-order valence-electron chi connectivity index (χ2n) is 7.71. The largest absolute Gasteiger partial charge is 0.478 e. The van der Waals surface area contributed by atoms with E-state index >= 15 is 0 Å². The highest BCUT2D eigenvalue weighted by atomic mass is 35.5. The molecule has 0 amide bonds. The van der Waals surface area contributed by atoms with Crippen LogP contribution in [0.4, 0.5) is 5.69 Å². The average molecular weight is 459 g/mol. The molecule has 1 heterocycles. The van der Waals surface area contributed by atoms with E-state index in [4.69, 9.17) is 16.7 Å². The summed E-state index contributed by atoms with van der Waals surface area (Å²) in [6, 6.07) is 24.2. The maximum absolute atomic E-state index is 11.2. The zero-order chi connectivity index (χ0) is 23.2. The number of pyridine rings is 1. The van der Waals surface area contributed by atoms with Gasteiger partial charge in [0.05, 0.1) is 17.4 Å². The quantitative estimate of drug-likeness (QED) is 0.273. The van der Waals surface area contributed by atoms with Crippen LogP contribution < -0.4 is 5.32 Å². The molecule has 3 N–H and O–H groups in total. The summed E-state index contributed by atoms with van der Waals surface area (Å²) in [7, 11) is 0. The van der Waals surface area contributed by atoms with Gasteiger partial charge < -0.3 is 15.5 Å². The van der Waals surface area contributed by atoms with Crippen molar-refractivity contribution in [3.05, 3.63) is 112 Å². The number of aliphatic hydroxyl groups is 1. The minimum atomic E-state index is -0.968. The molecule has 1 aromatic heterocycles. The summed E-state index contributed by atoms with van der Waals surface area (Å²) in [5, 5.41) is 26.0. The highest BCUT2D eigenvalue weighted by Crippen LogP contribution is 2.29. The molecule has 4 rings (SSSR count). The molecule has 6 heteroatoms. The summed E-state index contributed by atoms with van der Waals surface area (Å²) in [6.45, 7) is 0.438. The highest BCUT2D eigenvalue weighted by Gasteiger charge is 2.14. The van der Waals surface area contributed by atoms with Gasteiger partial charge in [0.25, 0.3) is 0 Å². The lowest BCUT2D eigenvalue weighted by atomic mass is 9.95. The number of fused-ring (bicyclic) bond motifs is 1. The molecule has 4 aromatic rings. The van der Waals surface area contributed by atoms with Gasteiger partial charge in [-0.05, 0) is 51.7 Å². The lowest BCUT2D eigenvalue weighted by molar-refractivity contribution is 0.0697. The predicted molar refractivity (Wildman–Crippen MR) is 133 cm³/mol. The summed E-state index contributed by atoms with van der Waals surface area (Å²) in [6.07, 6.45) is 3.25. The van der Waals surface area contributed by atoms with Gasteiger partial charge in [0.15, 0.2) is 5.15 Å². The third kappa shape index (κ3) is 5.58. The maximum Gasteiger partial charge on any atom is 0.335 e. The van der Waals surface area contributed by atoms with Gasteiger partial charge >= 0.3 is 5.97 Å². The minimum absolute atomic E-state index is 0.227. The molecule has 0 spiro atoms. The van der Waals surface area contributed by atoms with E-state index in [1.165, 1.54) is 0 Å². The topological polar surface area (TPSA) is 82.5 Å². The Kier molecular flexibility index (Phi) is 7.03. The van der Waals surface area contributed by atoms with Crippen molar-refractivity contribution in [1.82, 2.24) is 4.98 Å². The number of nitrogens with zero attached hydrogens (tertiary/aromatic N) is 1. The van der Waals surface area contributed by atoms with Crippen LogP contribution in [0.15, 0.2) is 90.6 Å². The number of carboxylic acids is 1. The van der Waals surface area contributed by atoms with Crippen molar-refractivity contribution in [2.45, 2.75) is 12.5 Å². The van der Waals surface area contributed by atoms with E-state index < -0.39 is 12.1 Å². The Labute approximate surface area is 197 Å². The van der Waals surface area contributed by atoms with Crippen LogP contribution in [0.3, 0.4) is 0 Å². The van der Waals surface area contributed by atoms with E-state index in [9.17, 15) is 9.90 Å². The first-order valence-corrected chi connectivity index (χ1v) is 10.9. The van der Waals surface area contributed by atoms with Gasteiger partial charge in [0.1, 0.15) is 0 Å². The summed E-state index contributed by atoms with van der Waals surface area (Å²) in [5.41, 5.74) is 3.56. The lowest BCUT2D eigenvalue weighted by Gasteiger charge is -2.17. The number of carboxylic acid groups (broad SMARTS) is 1. The molecular weight excluding hydrogens is 436 g/mol. The molecule has 5 nitrogen and oxygen atoms in total. The zero-order valence-corrected chi connectivity index (χ0v) is 18.5. The third-order valence-electron chi connectivity index (χ3n) is 5.43. The summed E-state index contributed by atoms with van der Waals surface area (Å²) in [5.74, 6) is -0.968. The lowest BCUT2D eigenvalue weighted by Crippen LogP contribution is -2.09. The van der Waals surface area contributed by atoms with Crippen LogP contribution in [0.2, 0.25) is 5.15 Å². The average Bonchev–Trinajstić information content (AvgIpc) is 2.83. The number of halogens is 1. The first kappa shape index (κ1) is 22.5. The van der Waals surface area contributed by atoms with Crippen LogP contribution >= 0.6 is 11.6 Å². The minimum Gasteiger partial charge on any atom is -0.478 e. The number of anilines is 1. The molecule has 1 atom stereocenters. The number of nitrogens with one attached hydrogen (secondary N) is 1. The standard InChI is InChI=1S/C27H23ClN2O3/c28-26-24(9-4-14-29-26)30-17-19(15-18-10-12-21(13-11-18)27(32)33)16-25(31)23-8-3-6-20-5-1-2-7-22(20)23/h1-15,25,30-31H,16-17H2,(H,32,33). The smallest absolute Gasteiger partial charge is 0.335 e. The third-order valence-corrected chi connectivity index (χ3v) is 5.73. The van der Waals surface area contributed by atoms with Crippen molar-refractivity contribution >= 4 is 40.1 Å². The van der Waals surface area contributed by atoms with E-state index in [-0.39, 0.29) is 5.56 Å². The molecule has 1 unspecified atom stereocenters. The maximum atomic E-state index is 11.2. The molecular formula is C27H23ClN2O3. The van der Waals surface area contributed by atoms with Crippen molar-refractivity contribution in [3.8, 4) is 0 Å². The second-order valence-corrected chi connectivity index (χ2v) is 8.07. The second kappa shape index (κ2) is 10.3. The number of hydrogen-bond donors (Lipinski definition) is 3. The molecule has 0 fully saturated rings. The van der Waals surface area contributed by atoms with E-state index in [1.807, 2.05) is 54.6 Å². The Balaban J connectivity index is 1.62. The molecule has 0 saturated carbocycles. The predicted octanol–water partition coefficient (Wildman–Crippen LogP) is 6.21. The summed E-state index contributed by atoms with van der Waals surface area (Å²) >= 11 is 6.18.